The number of hydrogen-bond donors (Lipinski definition) is 0. The summed E-state index contributed by atoms with van der Waals surface area (Å²) in [4.78, 5) is 14.6. The van der Waals surface area contributed by atoms with E-state index in [9.17, 15) is 4.79 Å². The summed E-state index contributed by atoms with van der Waals surface area (Å²) in [5, 5.41) is 8.94. The van der Waals surface area contributed by atoms with Crippen LogP contribution in [0.4, 0.5) is 0 Å². The quantitative estimate of drug-likeness (QED) is 0.545. The first-order valence-corrected chi connectivity index (χ1v) is 9.69. The molecule has 4 nitrogen and oxygen atoms in total. The van der Waals surface area contributed by atoms with E-state index < -0.39 is 6.10 Å². The molecule has 0 aromatic heterocycles. The molecule has 0 heterocycles. The number of ether oxygens (including phenoxy) is 1. The molecular formula is C25H24N2O2. The molecule has 1 unspecified atom stereocenters. The molecule has 1 atom stereocenters. The van der Waals surface area contributed by atoms with Crippen molar-refractivity contribution in [1.29, 1.82) is 5.26 Å². The van der Waals surface area contributed by atoms with Crippen LogP contribution in [0.2, 0.25) is 0 Å². The van der Waals surface area contributed by atoms with Crippen LogP contribution in [-0.4, -0.2) is 23.5 Å². The molecule has 0 aliphatic heterocycles. The first-order chi connectivity index (χ1) is 14.2. The minimum atomic E-state index is -0.639. The average Bonchev–Trinajstić information content (AvgIpc) is 2.78. The molecule has 1 amide bonds. The molecular weight excluding hydrogens is 360 g/mol. The van der Waals surface area contributed by atoms with Gasteiger partial charge in [0.25, 0.3) is 5.91 Å². The molecule has 0 N–H and O–H groups in total. The Kier molecular flexibility index (Phi) is 7.02. The van der Waals surface area contributed by atoms with Crippen LogP contribution in [0.5, 0.6) is 5.75 Å². The van der Waals surface area contributed by atoms with E-state index in [1.54, 1.807) is 11.8 Å². The van der Waals surface area contributed by atoms with Crippen LogP contribution in [0.15, 0.2) is 84.9 Å². The second-order valence-corrected chi connectivity index (χ2v) is 6.80. The van der Waals surface area contributed by atoms with Gasteiger partial charge < -0.3 is 9.64 Å². The Bertz CT molecular complexity index is 948. The fourth-order valence-electron chi connectivity index (χ4n) is 3.12. The summed E-state index contributed by atoms with van der Waals surface area (Å²) in [6, 6.07) is 29.7. The van der Waals surface area contributed by atoms with Gasteiger partial charge in [-0.15, -0.1) is 0 Å². The van der Waals surface area contributed by atoms with E-state index in [4.69, 9.17) is 10.00 Å². The molecule has 146 valence electrons. The van der Waals surface area contributed by atoms with E-state index in [1.807, 2.05) is 72.8 Å². The van der Waals surface area contributed by atoms with Gasteiger partial charge in [0.2, 0.25) is 0 Å². The van der Waals surface area contributed by atoms with Crippen molar-refractivity contribution < 1.29 is 9.53 Å². The molecule has 29 heavy (non-hydrogen) atoms. The zero-order valence-corrected chi connectivity index (χ0v) is 16.5. The molecule has 4 heteroatoms. The first-order valence-electron chi connectivity index (χ1n) is 9.69. The van der Waals surface area contributed by atoms with Crippen molar-refractivity contribution >= 4 is 5.91 Å². The molecule has 0 saturated heterocycles. The molecule has 0 saturated carbocycles. The molecule has 0 radical (unpaired) electrons. The second-order valence-electron chi connectivity index (χ2n) is 6.80. The number of carbonyl (C=O) groups excluding carboxylic acids is 1. The molecule has 0 spiro atoms. The first kappa shape index (κ1) is 20.2. The molecule has 0 aliphatic carbocycles. The lowest BCUT2D eigenvalue weighted by atomic mass is 10.1. The molecule has 3 aromatic carbocycles. The highest BCUT2D eigenvalue weighted by Crippen LogP contribution is 2.23. The van der Waals surface area contributed by atoms with Gasteiger partial charge in [-0.2, -0.15) is 5.26 Å². The minimum absolute atomic E-state index is 0.128. The topological polar surface area (TPSA) is 53.3 Å². The van der Waals surface area contributed by atoms with E-state index in [-0.39, 0.29) is 12.3 Å². The van der Waals surface area contributed by atoms with Gasteiger partial charge in [0.15, 0.2) is 6.10 Å². The van der Waals surface area contributed by atoms with Gasteiger partial charge in [0.05, 0.1) is 12.5 Å². The molecule has 0 aliphatic rings. The highest BCUT2D eigenvalue weighted by atomic mass is 16.5. The van der Waals surface area contributed by atoms with Gasteiger partial charge in [-0.05, 0) is 35.7 Å². The maximum absolute atomic E-state index is 12.9. The van der Waals surface area contributed by atoms with Crippen molar-refractivity contribution in [2.45, 2.75) is 26.0 Å². The van der Waals surface area contributed by atoms with Crippen LogP contribution >= 0.6 is 0 Å². The lowest BCUT2D eigenvalue weighted by Gasteiger charge is -2.25. The summed E-state index contributed by atoms with van der Waals surface area (Å²) < 4.78 is 5.89. The Hall–Kier alpha value is -3.58. The monoisotopic (exact) mass is 384 g/mol. The standard InChI is InChI=1S/C25H24N2O2/c1-20(25(28)27(18-8-17-26)19-21-9-4-2-5-10-21)29-24-15-13-23(14-16-24)22-11-6-3-7-12-22/h2-7,9-16,20H,8,18-19H2,1H3. The zero-order valence-electron chi connectivity index (χ0n) is 16.5. The van der Waals surface area contributed by atoms with E-state index >= 15 is 0 Å². The summed E-state index contributed by atoms with van der Waals surface area (Å²) in [5.74, 6) is 0.515. The molecule has 3 aromatic rings. The van der Waals surface area contributed by atoms with Gasteiger partial charge in [-0.25, -0.2) is 0 Å². The van der Waals surface area contributed by atoms with Crippen LogP contribution in [-0.2, 0) is 11.3 Å². The number of nitrogens with zero attached hydrogens (tertiary/aromatic N) is 2. The highest BCUT2D eigenvalue weighted by Gasteiger charge is 2.22. The van der Waals surface area contributed by atoms with Crippen LogP contribution < -0.4 is 4.74 Å². The van der Waals surface area contributed by atoms with Gasteiger partial charge in [-0.1, -0.05) is 72.8 Å². The van der Waals surface area contributed by atoms with Crippen LogP contribution in [0.3, 0.4) is 0 Å². The predicted octanol–water partition coefficient (Wildman–Crippen LogP) is 5.06. The van der Waals surface area contributed by atoms with Crippen molar-refractivity contribution in [1.82, 2.24) is 4.90 Å². The van der Waals surface area contributed by atoms with Crippen molar-refractivity contribution in [2.24, 2.45) is 0 Å². The Morgan fingerprint density at radius 3 is 2.14 bits per heavy atom. The molecule has 0 fully saturated rings. The predicted molar refractivity (Wildman–Crippen MR) is 114 cm³/mol. The van der Waals surface area contributed by atoms with Crippen LogP contribution in [0.25, 0.3) is 11.1 Å². The van der Waals surface area contributed by atoms with Gasteiger partial charge in [0.1, 0.15) is 5.75 Å². The zero-order chi connectivity index (χ0) is 20.5. The van der Waals surface area contributed by atoms with Gasteiger partial charge in [0, 0.05) is 13.1 Å². The number of amides is 1. The maximum atomic E-state index is 12.9. The number of nitriles is 1. The van der Waals surface area contributed by atoms with Gasteiger partial charge >= 0.3 is 0 Å². The number of rotatable bonds is 8. The van der Waals surface area contributed by atoms with Crippen molar-refractivity contribution in [3.63, 3.8) is 0 Å². The Morgan fingerprint density at radius 1 is 0.931 bits per heavy atom. The van der Waals surface area contributed by atoms with Crippen molar-refractivity contribution in [3.8, 4) is 22.9 Å². The lowest BCUT2D eigenvalue weighted by molar-refractivity contribution is -0.138. The summed E-state index contributed by atoms with van der Waals surface area (Å²) in [5.41, 5.74) is 3.25. The Labute approximate surface area is 172 Å². The smallest absolute Gasteiger partial charge is 0.263 e. The normalized spacial score (nSPS) is 11.3. The molecule has 0 bridgehead atoms. The van der Waals surface area contributed by atoms with E-state index in [0.717, 1.165) is 16.7 Å². The third-order valence-electron chi connectivity index (χ3n) is 4.64. The summed E-state index contributed by atoms with van der Waals surface area (Å²) in [7, 11) is 0. The second kappa shape index (κ2) is 10.1. The maximum Gasteiger partial charge on any atom is 0.263 e. The largest absolute Gasteiger partial charge is 0.481 e. The minimum Gasteiger partial charge on any atom is -0.481 e. The van der Waals surface area contributed by atoms with E-state index in [1.165, 1.54) is 0 Å². The van der Waals surface area contributed by atoms with Crippen molar-refractivity contribution in [3.05, 3.63) is 90.5 Å². The number of hydrogen-bond acceptors (Lipinski definition) is 3. The Morgan fingerprint density at radius 2 is 1.52 bits per heavy atom. The van der Waals surface area contributed by atoms with Gasteiger partial charge in [-0.3, -0.25) is 4.79 Å². The van der Waals surface area contributed by atoms with Crippen LogP contribution in [0, 0.1) is 11.3 Å². The van der Waals surface area contributed by atoms with E-state index in [0.29, 0.717) is 18.8 Å². The average molecular weight is 384 g/mol. The number of carbonyl (C=O) groups is 1. The summed E-state index contributed by atoms with van der Waals surface area (Å²) in [6.45, 7) is 2.59. The Balaban J connectivity index is 1.66. The highest BCUT2D eigenvalue weighted by molar-refractivity contribution is 5.81. The van der Waals surface area contributed by atoms with Crippen molar-refractivity contribution in [2.75, 3.05) is 6.54 Å². The summed E-state index contributed by atoms with van der Waals surface area (Å²) >= 11 is 0. The number of benzene rings is 3. The summed E-state index contributed by atoms with van der Waals surface area (Å²) in [6.07, 6.45) is -0.350. The van der Waals surface area contributed by atoms with E-state index in [2.05, 4.69) is 18.2 Å². The fraction of sp³-hybridized carbons (Fsp3) is 0.200. The third-order valence-corrected chi connectivity index (χ3v) is 4.64. The third kappa shape index (κ3) is 5.70. The lowest BCUT2D eigenvalue weighted by Crippen LogP contribution is -2.40. The van der Waals surface area contributed by atoms with Crippen LogP contribution in [0.1, 0.15) is 18.9 Å². The molecule has 3 rings (SSSR count). The fourth-order valence-corrected chi connectivity index (χ4v) is 3.12. The SMILES string of the molecule is CC(Oc1ccc(-c2ccccc2)cc1)C(=O)N(CCC#N)Cc1ccccc1.